The van der Waals surface area contributed by atoms with Gasteiger partial charge in [-0.05, 0) is 49.8 Å². The molecule has 24 heavy (non-hydrogen) atoms. The van der Waals surface area contributed by atoms with Crippen molar-refractivity contribution >= 4 is 5.91 Å². The second kappa shape index (κ2) is 7.97. The average Bonchev–Trinajstić information content (AvgIpc) is 3.09. The third kappa shape index (κ3) is 4.26. The first-order chi connectivity index (χ1) is 11.7. The van der Waals surface area contributed by atoms with Gasteiger partial charge >= 0.3 is 0 Å². The summed E-state index contributed by atoms with van der Waals surface area (Å²) in [6, 6.07) is 4.19. The van der Waals surface area contributed by atoms with Crippen LogP contribution in [0.3, 0.4) is 0 Å². The molecule has 5 heteroatoms. The van der Waals surface area contributed by atoms with Gasteiger partial charge in [-0.2, -0.15) is 0 Å². The van der Waals surface area contributed by atoms with Gasteiger partial charge in [0.2, 0.25) is 0 Å². The van der Waals surface area contributed by atoms with Crippen molar-refractivity contribution in [1.29, 1.82) is 0 Å². The van der Waals surface area contributed by atoms with E-state index in [1.54, 1.807) is 0 Å². The summed E-state index contributed by atoms with van der Waals surface area (Å²) in [7, 11) is 1.49. The molecular formula is C19H27FN2O2. The molecule has 1 amide bonds. The molecule has 0 radical (unpaired) electrons. The lowest BCUT2D eigenvalue weighted by molar-refractivity contribution is 0.0902. The Bertz CT molecular complexity index is 564. The first-order valence-corrected chi connectivity index (χ1v) is 9.02. The topological polar surface area (TPSA) is 41.6 Å². The number of halogens is 1. The zero-order chi connectivity index (χ0) is 16.9. The summed E-state index contributed by atoms with van der Waals surface area (Å²) >= 11 is 0. The summed E-state index contributed by atoms with van der Waals surface area (Å²) < 4.78 is 18.6. The zero-order valence-corrected chi connectivity index (χ0v) is 14.4. The predicted molar refractivity (Wildman–Crippen MR) is 91.8 cm³/mol. The molecule has 4 nitrogen and oxygen atoms in total. The van der Waals surface area contributed by atoms with Crippen molar-refractivity contribution < 1.29 is 13.9 Å². The van der Waals surface area contributed by atoms with E-state index in [1.807, 2.05) is 0 Å². The fraction of sp³-hybridized carbons (Fsp3) is 0.632. The van der Waals surface area contributed by atoms with E-state index < -0.39 is 5.82 Å². The fourth-order valence-electron chi connectivity index (χ4n) is 3.94. The number of methoxy groups -OCH3 is 1. The quantitative estimate of drug-likeness (QED) is 0.899. The van der Waals surface area contributed by atoms with Crippen LogP contribution in [0.5, 0.6) is 5.75 Å². The average molecular weight is 334 g/mol. The predicted octanol–water partition coefficient (Wildman–Crippen LogP) is 3.22. The molecule has 132 valence electrons. The summed E-state index contributed by atoms with van der Waals surface area (Å²) in [4.78, 5) is 15.0. The number of nitrogens with zero attached hydrogens (tertiary/aromatic N) is 1. The molecule has 0 spiro atoms. The van der Waals surface area contributed by atoms with Crippen LogP contribution in [0.2, 0.25) is 0 Å². The van der Waals surface area contributed by atoms with Crippen molar-refractivity contribution in [2.45, 2.75) is 44.6 Å². The monoisotopic (exact) mass is 334 g/mol. The molecule has 1 aromatic carbocycles. The summed E-state index contributed by atoms with van der Waals surface area (Å²) in [6.45, 7) is 3.27. The number of nitrogens with one attached hydrogen (secondary N) is 1. The van der Waals surface area contributed by atoms with Gasteiger partial charge in [-0.3, -0.25) is 4.79 Å². The number of ether oxygens (including phenoxy) is 1. The number of benzene rings is 1. The second-order valence-electron chi connectivity index (χ2n) is 7.04. The fourth-order valence-corrected chi connectivity index (χ4v) is 3.94. The summed E-state index contributed by atoms with van der Waals surface area (Å²) in [5, 5.41) is 3.04. The molecule has 1 aliphatic heterocycles. The number of hydrogen-bond donors (Lipinski definition) is 1. The Hall–Kier alpha value is -1.62. The van der Waals surface area contributed by atoms with E-state index in [1.165, 1.54) is 57.5 Å². The smallest absolute Gasteiger partial charge is 0.255 e. The van der Waals surface area contributed by atoms with Gasteiger partial charge in [0.25, 0.3) is 5.91 Å². The molecule has 0 atom stereocenters. The van der Waals surface area contributed by atoms with Crippen molar-refractivity contribution in [3.8, 4) is 5.75 Å². The van der Waals surface area contributed by atoms with Gasteiger partial charge in [0, 0.05) is 25.7 Å². The Morgan fingerprint density at radius 2 is 1.96 bits per heavy atom. The number of hydrogen-bond acceptors (Lipinski definition) is 3. The number of amides is 1. The summed E-state index contributed by atoms with van der Waals surface area (Å²) in [5.41, 5.74) is 0.269. The zero-order valence-electron chi connectivity index (χ0n) is 14.4. The SMILES string of the molecule is COc1ccc(F)cc1C(=O)NC1CCN(CC2CCCC2)CC1. The number of carbonyl (C=O) groups is 1. The molecule has 2 aliphatic rings. The highest BCUT2D eigenvalue weighted by atomic mass is 19.1. The van der Waals surface area contributed by atoms with Crippen LogP contribution in [-0.4, -0.2) is 43.6 Å². The van der Waals surface area contributed by atoms with Crippen LogP contribution in [0.25, 0.3) is 0 Å². The first kappa shape index (κ1) is 17.2. The minimum Gasteiger partial charge on any atom is -0.496 e. The van der Waals surface area contributed by atoms with Crippen LogP contribution in [-0.2, 0) is 0 Å². The molecule has 2 fully saturated rings. The van der Waals surface area contributed by atoms with Gasteiger partial charge in [0.15, 0.2) is 0 Å². The Balaban J connectivity index is 1.50. The molecule has 0 aromatic heterocycles. The maximum absolute atomic E-state index is 13.4. The molecule has 0 bridgehead atoms. The van der Waals surface area contributed by atoms with Crippen molar-refractivity contribution in [2.24, 2.45) is 5.92 Å². The third-order valence-electron chi connectivity index (χ3n) is 5.32. The molecular weight excluding hydrogens is 307 g/mol. The van der Waals surface area contributed by atoms with E-state index in [0.29, 0.717) is 5.75 Å². The summed E-state index contributed by atoms with van der Waals surface area (Å²) in [5.74, 6) is 0.605. The Kier molecular flexibility index (Phi) is 5.72. The van der Waals surface area contributed by atoms with Crippen molar-refractivity contribution in [1.82, 2.24) is 10.2 Å². The van der Waals surface area contributed by atoms with Crippen molar-refractivity contribution in [3.63, 3.8) is 0 Å². The standard InChI is InChI=1S/C19H27FN2O2/c1-24-18-7-6-15(20)12-17(18)19(23)21-16-8-10-22(11-9-16)13-14-4-2-3-5-14/h6-7,12,14,16H,2-5,8-11,13H2,1H3,(H,21,23). The minimum absolute atomic E-state index is 0.158. The number of carbonyl (C=O) groups excluding carboxylic acids is 1. The molecule has 1 N–H and O–H groups in total. The maximum Gasteiger partial charge on any atom is 0.255 e. The van der Waals surface area contributed by atoms with Crippen LogP contribution in [0.15, 0.2) is 18.2 Å². The molecule has 1 aliphatic carbocycles. The Labute approximate surface area is 143 Å². The van der Waals surface area contributed by atoms with Crippen LogP contribution >= 0.6 is 0 Å². The lowest BCUT2D eigenvalue weighted by Crippen LogP contribution is -2.45. The van der Waals surface area contributed by atoms with Crippen molar-refractivity contribution in [2.75, 3.05) is 26.7 Å². The van der Waals surface area contributed by atoms with Gasteiger partial charge in [0.1, 0.15) is 11.6 Å². The van der Waals surface area contributed by atoms with E-state index in [2.05, 4.69) is 10.2 Å². The summed E-state index contributed by atoms with van der Waals surface area (Å²) in [6.07, 6.45) is 7.41. The molecule has 1 aromatic rings. The van der Waals surface area contributed by atoms with E-state index in [9.17, 15) is 9.18 Å². The molecule has 1 saturated carbocycles. The lowest BCUT2D eigenvalue weighted by Gasteiger charge is -2.33. The van der Waals surface area contributed by atoms with Crippen LogP contribution in [0.1, 0.15) is 48.9 Å². The van der Waals surface area contributed by atoms with Crippen LogP contribution in [0, 0.1) is 11.7 Å². The minimum atomic E-state index is -0.424. The first-order valence-electron chi connectivity index (χ1n) is 9.02. The van der Waals surface area contributed by atoms with Gasteiger partial charge in [-0.1, -0.05) is 12.8 Å². The van der Waals surface area contributed by atoms with E-state index in [0.717, 1.165) is 31.8 Å². The number of likely N-dealkylation sites (tertiary alicyclic amines) is 1. The van der Waals surface area contributed by atoms with E-state index in [4.69, 9.17) is 4.74 Å². The molecule has 3 rings (SSSR count). The number of rotatable bonds is 5. The second-order valence-corrected chi connectivity index (χ2v) is 7.04. The van der Waals surface area contributed by atoms with Crippen molar-refractivity contribution in [3.05, 3.63) is 29.6 Å². The maximum atomic E-state index is 13.4. The van der Waals surface area contributed by atoms with E-state index in [-0.39, 0.29) is 17.5 Å². The highest BCUT2D eigenvalue weighted by Gasteiger charge is 2.25. The van der Waals surface area contributed by atoms with Gasteiger partial charge < -0.3 is 15.0 Å². The van der Waals surface area contributed by atoms with Gasteiger partial charge in [0.05, 0.1) is 12.7 Å². The lowest BCUT2D eigenvalue weighted by atomic mass is 10.0. The van der Waals surface area contributed by atoms with Crippen LogP contribution in [0.4, 0.5) is 4.39 Å². The molecule has 1 saturated heterocycles. The molecule has 0 unspecified atom stereocenters. The number of piperidine rings is 1. The highest BCUT2D eigenvalue weighted by molar-refractivity contribution is 5.97. The van der Waals surface area contributed by atoms with Crippen LogP contribution < -0.4 is 10.1 Å². The molecule has 1 heterocycles. The van der Waals surface area contributed by atoms with Gasteiger partial charge in [-0.15, -0.1) is 0 Å². The third-order valence-corrected chi connectivity index (χ3v) is 5.32. The highest BCUT2D eigenvalue weighted by Crippen LogP contribution is 2.26. The Morgan fingerprint density at radius 1 is 1.25 bits per heavy atom. The van der Waals surface area contributed by atoms with E-state index >= 15 is 0 Å². The van der Waals surface area contributed by atoms with Gasteiger partial charge in [-0.25, -0.2) is 4.39 Å². The normalized spacial score (nSPS) is 20.2. The largest absolute Gasteiger partial charge is 0.496 e. The Morgan fingerprint density at radius 3 is 2.62 bits per heavy atom.